The first-order chi connectivity index (χ1) is 8.41. The Hall–Kier alpha value is -1.04. The smallest absolute Gasteiger partial charge is 0.313 e. The van der Waals surface area contributed by atoms with Crippen LogP contribution in [0.5, 0.6) is 0 Å². The SMILES string of the molecule is CC(C)C(Cn1cnnc1SCC(=O)O)C(C)C. The van der Waals surface area contributed by atoms with Crippen molar-refractivity contribution in [3.05, 3.63) is 6.33 Å². The first-order valence-electron chi connectivity index (χ1n) is 6.14. The molecule has 0 unspecified atom stereocenters. The van der Waals surface area contributed by atoms with Crippen molar-refractivity contribution >= 4 is 17.7 Å². The molecule has 0 saturated heterocycles. The monoisotopic (exact) mass is 271 g/mol. The topological polar surface area (TPSA) is 68.0 Å². The van der Waals surface area contributed by atoms with E-state index in [9.17, 15) is 4.79 Å². The highest BCUT2D eigenvalue weighted by Crippen LogP contribution is 2.24. The largest absolute Gasteiger partial charge is 0.481 e. The first kappa shape index (κ1) is 15.0. The van der Waals surface area contributed by atoms with Gasteiger partial charge < -0.3 is 9.67 Å². The third-order valence-corrected chi connectivity index (χ3v) is 3.99. The Bertz CT molecular complexity index is 382. The number of thioether (sulfide) groups is 1. The van der Waals surface area contributed by atoms with Crippen LogP contribution in [0.15, 0.2) is 11.5 Å². The number of carboxylic acids is 1. The lowest BCUT2D eigenvalue weighted by Gasteiger charge is -2.25. The minimum Gasteiger partial charge on any atom is -0.481 e. The Morgan fingerprint density at radius 3 is 2.50 bits per heavy atom. The number of aliphatic carboxylic acids is 1. The van der Waals surface area contributed by atoms with Crippen LogP contribution >= 0.6 is 11.8 Å². The van der Waals surface area contributed by atoms with E-state index in [0.29, 0.717) is 22.9 Å². The Balaban J connectivity index is 2.71. The molecule has 5 nitrogen and oxygen atoms in total. The quantitative estimate of drug-likeness (QED) is 0.771. The van der Waals surface area contributed by atoms with Crippen molar-refractivity contribution in [2.24, 2.45) is 17.8 Å². The molecule has 1 aromatic rings. The zero-order chi connectivity index (χ0) is 13.7. The lowest BCUT2D eigenvalue weighted by atomic mass is 9.85. The fraction of sp³-hybridized carbons (Fsp3) is 0.750. The van der Waals surface area contributed by atoms with Gasteiger partial charge in [-0.25, -0.2) is 0 Å². The number of aromatic nitrogens is 3. The molecule has 0 atom stereocenters. The van der Waals surface area contributed by atoms with Crippen LogP contribution in [0.25, 0.3) is 0 Å². The average molecular weight is 271 g/mol. The van der Waals surface area contributed by atoms with Gasteiger partial charge in [0.1, 0.15) is 6.33 Å². The summed E-state index contributed by atoms with van der Waals surface area (Å²) < 4.78 is 1.96. The highest BCUT2D eigenvalue weighted by molar-refractivity contribution is 7.99. The molecule has 0 aliphatic heterocycles. The van der Waals surface area contributed by atoms with Crippen molar-refractivity contribution in [2.75, 3.05) is 5.75 Å². The van der Waals surface area contributed by atoms with Crippen LogP contribution in [0.2, 0.25) is 0 Å². The number of rotatable bonds is 7. The molecule has 0 radical (unpaired) electrons. The van der Waals surface area contributed by atoms with Gasteiger partial charge in [-0.1, -0.05) is 39.5 Å². The zero-order valence-electron chi connectivity index (χ0n) is 11.3. The van der Waals surface area contributed by atoms with Crippen molar-refractivity contribution < 1.29 is 9.90 Å². The highest BCUT2D eigenvalue weighted by Gasteiger charge is 2.19. The summed E-state index contributed by atoms with van der Waals surface area (Å²) in [6, 6.07) is 0. The van der Waals surface area contributed by atoms with Gasteiger partial charge in [-0.2, -0.15) is 0 Å². The highest BCUT2D eigenvalue weighted by atomic mass is 32.2. The van der Waals surface area contributed by atoms with E-state index in [0.717, 1.165) is 6.54 Å². The Morgan fingerprint density at radius 2 is 2.00 bits per heavy atom. The van der Waals surface area contributed by atoms with E-state index < -0.39 is 5.97 Å². The van der Waals surface area contributed by atoms with E-state index in [1.165, 1.54) is 11.8 Å². The van der Waals surface area contributed by atoms with Gasteiger partial charge in [-0.15, -0.1) is 10.2 Å². The van der Waals surface area contributed by atoms with Crippen LogP contribution in [0.4, 0.5) is 0 Å². The van der Waals surface area contributed by atoms with Crippen molar-refractivity contribution in [3.63, 3.8) is 0 Å². The van der Waals surface area contributed by atoms with E-state index in [4.69, 9.17) is 5.11 Å². The van der Waals surface area contributed by atoms with Crippen LogP contribution in [0.3, 0.4) is 0 Å². The van der Waals surface area contributed by atoms with Gasteiger partial charge in [-0.05, 0) is 17.8 Å². The van der Waals surface area contributed by atoms with E-state index in [2.05, 4.69) is 37.9 Å². The minimum absolute atomic E-state index is 0.0206. The van der Waals surface area contributed by atoms with Gasteiger partial charge in [0.15, 0.2) is 5.16 Å². The molecule has 0 aliphatic carbocycles. The standard InChI is InChI=1S/C12H21N3O2S/c1-8(2)10(9(3)4)5-15-7-13-14-12(15)18-6-11(16)17/h7-10H,5-6H2,1-4H3,(H,16,17). The summed E-state index contributed by atoms with van der Waals surface area (Å²) in [6.07, 6.45) is 1.68. The molecule has 0 fully saturated rings. The van der Waals surface area contributed by atoms with Crippen LogP contribution in [-0.4, -0.2) is 31.6 Å². The molecule has 18 heavy (non-hydrogen) atoms. The fourth-order valence-corrected chi connectivity index (χ4v) is 2.67. The van der Waals surface area contributed by atoms with Gasteiger partial charge in [0.05, 0.1) is 5.75 Å². The molecule has 6 heteroatoms. The summed E-state index contributed by atoms with van der Waals surface area (Å²) in [5.74, 6) is 0.866. The van der Waals surface area contributed by atoms with Gasteiger partial charge in [-0.3, -0.25) is 4.79 Å². The maximum atomic E-state index is 10.6. The second-order valence-electron chi connectivity index (χ2n) is 5.10. The zero-order valence-corrected chi connectivity index (χ0v) is 12.1. The van der Waals surface area contributed by atoms with Crippen molar-refractivity contribution in [1.29, 1.82) is 0 Å². The number of nitrogens with zero attached hydrogens (tertiary/aromatic N) is 3. The van der Waals surface area contributed by atoms with Gasteiger partial charge >= 0.3 is 5.97 Å². The molecule has 1 aromatic heterocycles. The Labute approximate surface area is 112 Å². The van der Waals surface area contributed by atoms with Crippen molar-refractivity contribution in [2.45, 2.75) is 39.4 Å². The lowest BCUT2D eigenvalue weighted by Crippen LogP contribution is -2.22. The van der Waals surface area contributed by atoms with Gasteiger partial charge in [0, 0.05) is 6.54 Å². The average Bonchev–Trinajstić information content (AvgIpc) is 2.69. The first-order valence-corrected chi connectivity index (χ1v) is 7.12. The molecule has 0 bridgehead atoms. The molecule has 102 valence electrons. The number of carbonyl (C=O) groups is 1. The number of carboxylic acid groups (broad SMARTS) is 1. The van der Waals surface area contributed by atoms with Crippen LogP contribution < -0.4 is 0 Å². The molecule has 1 rings (SSSR count). The summed E-state index contributed by atoms with van der Waals surface area (Å²) in [4.78, 5) is 10.6. The summed E-state index contributed by atoms with van der Waals surface area (Å²) in [5.41, 5.74) is 0. The summed E-state index contributed by atoms with van der Waals surface area (Å²) in [7, 11) is 0. The van der Waals surface area contributed by atoms with E-state index in [1.54, 1.807) is 6.33 Å². The maximum absolute atomic E-state index is 10.6. The van der Waals surface area contributed by atoms with Crippen LogP contribution in [0, 0.1) is 17.8 Å². The molecule has 1 heterocycles. The predicted molar refractivity (Wildman–Crippen MR) is 71.5 cm³/mol. The Morgan fingerprint density at radius 1 is 1.39 bits per heavy atom. The third kappa shape index (κ3) is 4.33. The lowest BCUT2D eigenvalue weighted by molar-refractivity contribution is -0.133. The van der Waals surface area contributed by atoms with E-state index >= 15 is 0 Å². The minimum atomic E-state index is -0.834. The predicted octanol–water partition coefficient (Wildman–Crippen LogP) is 2.38. The van der Waals surface area contributed by atoms with Crippen LogP contribution in [0.1, 0.15) is 27.7 Å². The molecule has 0 aliphatic rings. The van der Waals surface area contributed by atoms with Crippen molar-refractivity contribution in [3.8, 4) is 0 Å². The second kappa shape index (κ2) is 6.78. The molecule has 0 spiro atoms. The van der Waals surface area contributed by atoms with Gasteiger partial charge in [0.2, 0.25) is 0 Å². The normalized spacial score (nSPS) is 11.7. The van der Waals surface area contributed by atoms with Gasteiger partial charge in [0.25, 0.3) is 0 Å². The molecule has 0 aromatic carbocycles. The molecule has 1 N–H and O–H groups in total. The number of hydrogen-bond acceptors (Lipinski definition) is 4. The molecule has 0 amide bonds. The third-order valence-electron chi connectivity index (χ3n) is 3.02. The Kier molecular flexibility index (Phi) is 5.65. The van der Waals surface area contributed by atoms with E-state index in [1.807, 2.05) is 4.57 Å². The van der Waals surface area contributed by atoms with Crippen molar-refractivity contribution in [1.82, 2.24) is 14.8 Å². The second-order valence-corrected chi connectivity index (χ2v) is 6.04. The molecular weight excluding hydrogens is 250 g/mol. The number of hydrogen-bond donors (Lipinski definition) is 1. The summed E-state index contributed by atoms with van der Waals surface area (Å²) >= 11 is 1.22. The summed E-state index contributed by atoms with van der Waals surface area (Å²) in [5, 5.41) is 17.2. The van der Waals surface area contributed by atoms with Crippen LogP contribution in [-0.2, 0) is 11.3 Å². The van der Waals surface area contributed by atoms with E-state index in [-0.39, 0.29) is 5.75 Å². The molecular formula is C12H21N3O2S. The molecule has 0 saturated carbocycles. The maximum Gasteiger partial charge on any atom is 0.313 e. The summed E-state index contributed by atoms with van der Waals surface area (Å²) in [6.45, 7) is 9.67. The fourth-order valence-electron chi connectivity index (χ4n) is 2.03.